The number of carboxylic acids is 1. The Morgan fingerprint density at radius 3 is 1.47 bits per heavy atom. The Kier molecular flexibility index (Phi) is 27.3. The highest BCUT2D eigenvalue weighted by Gasteiger charge is 2.03. The molecule has 1 amide bonds. The summed E-state index contributed by atoms with van der Waals surface area (Å²) in [6.07, 6.45) is 4.45. The number of unbranched alkanes of at least 4 members (excludes halogenated alkanes) is 3. The van der Waals surface area contributed by atoms with Gasteiger partial charge < -0.3 is 43.6 Å². The molecule has 0 heterocycles. The van der Waals surface area contributed by atoms with Gasteiger partial charge in [-0.05, 0) is 12.8 Å². The predicted octanol–water partition coefficient (Wildman–Crippen LogP) is 1.10. The van der Waals surface area contributed by atoms with Crippen molar-refractivity contribution in [2.24, 2.45) is 0 Å². The van der Waals surface area contributed by atoms with Crippen molar-refractivity contribution < 1.29 is 47.9 Å². The van der Waals surface area contributed by atoms with Gasteiger partial charge in [0.25, 0.3) is 0 Å². The lowest BCUT2D eigenvalue weighted by Gasteiger charge is -2.08. The lowest BCUT2D eigenvalue weighted by atomic mass is 10.2. The van der Waals surface area contributed by atoms with Gasteiger partial charge in [-0.3, -0.25) is 4.79 Å². The van der Waals surface area contributed by atoms with Crippen LogP contribution in [-0.2, 0) is 42.7 Å². The average molecular weight is 516 g/mol. The van der Waals surface area contributed by atoms with Gasteiger partial charge in [-0.15, -0.1) is 11.6 Å². The van der Waals surface area contributed by atoms with Crippen LogP contribution in [-0.4, -0.2) is 122 Å². The summed E-state index contributed by atoms with van der Waals surface area (Å²) in [6.45, 7) is 5.57. The maximum absolute atomic E-state index is 11.3. The van der Waals surface area contributed by atoms with Gasteiger partial charge in [0.2, 0.25) is 5.91 Å². The topological polar surface area (TPSA) is 131 Å². The third-order valence-corrected chi connectivity index (χ3v) is 4.33. The zero-order valence-corrected chi connectivity index (χ0v) is 20.9. The van der Waals surface area contributed by atoms with E-state index in [1.54, 1.807) is 0 Å². The van der Waals surface area contributed by atoms with Crippen LogP contribution in [0.3, 0.4) is 0 Å². The molecular formula is C22H42ClNO10. The summed E-state index contributed by atoms with van der Waals surface area (Å²) in [4.78, 5) is 21.5. The molecule has 0 aliphatic heterocycles. The molecular weight excluding hydrogens is 474 g/mol. The molecule has 0 rings (SSSR count). The van der Waals surface area contributed by atoms with Crippen LogP contribution in [0.25, 0.3) is 0 Å². The molecule has 34 heavy (non-hydrogen) atoms. The number of carbonyl (C=O) groups excluding carboxylic acids is 1. The zero-order chi connectivity index (χ0) is 25.0. The van der Waals surface area contributed by atoms with Crippen molar-refractivity contribution in [1.29, 1.82) is 0 Å². The van der Waals surface area contributed by atoms with Crippen LogP contribution >= 0.6 is 11.6 Å². The van der Waals surface area contributed by atoms with Gasteiger partial charge in [-0.2, -0.15) is 0 Å². The molecule has 0 atom stereocenters. The number of nitrogens with one attached hydrogen (secondary N) is 1. The van der Waals surface area contributed by atoms with E-state index in [1.165, 1.54) is 0 Å². The average Bonchev–Trinajstić information content (AvgIpc) is 2.81. The number of carboxylic acid groups (broad SMARTS) is 1. The largest absolute Gasteiger partial charge is 0.480 e. The number of ether oxygens (including phenoxy) is 7. The quantitative estimate of drug-likeness (QED) is 0.115. The number of aliphatic carboxylic acids is 1. The molecule has 0 saturated heterocycles. The molecule has 11 nitrogen and oxygen atoms in total. The van der Waals surface area contributed by atoms with Gasteiger partial charge in [-0.1, -0.05) is 12.8 Å². The molecule has 0 bridgehead atoms. The molecule has 202 valence electrons. The van der Waals surface area contributed by atoms with Gasteiger partial charge in [0.1, 0.15) is 13.2 Å². The molecule has 0 aromatic heterocycles. The van der Waals surface area contributed by atoms with Gasteiger partial charge in [-0.25, -0.2) is 4.79 Å². The lowest BCUT2D eigenvalue weighted by molar-refractivity contribution is -0.143. The maximum Gasteiger partial charge on any atom is 0.329 e. The molecule has 0 aromatic rings. The molecule has 0 unspecified atom stereocenters. The number of rotatable bonds is 28. The van der Waals surface area contributed by atoms with Crippen molar-refractivity contribution in [1.82, 2.24) is 5.32 Å². The maximum atomic E-state index is 11.3. The van der Waals surface area contributed by atoms with Crippen molar-refractivity contribution in [2.45, 2.75) is 25.7 Å². The van der Waals surface area contributed by atoms with Crippen molar-refractivity contribution >= 4 is 23.5 Å². The fourth-order valence-corrected chi connectivity index (χ4v) is 2.59. The summed E-state index contributed by atoms with van der Waals surface area (Å²) in [7, 11) is 0. The Morgan fingerprint density at radius 2 is 1.00 bits per heavy atom. The van der Waals surface area contributed by atoms with Crippen LogP contribution in [0, 0.1) is 0 Å². The fourth-order valence-electron chi connectivity index (χ4n) is 2.40. The van der Waals surface area contributed by atoms with Crippen LogP contribution < -0.4 is 5.32 Å². The first kappa shape index (κ1) is 33.0. The van der Waals surface area contributed by atoms with Gasteiger partial charge >= 0.3 is 5.97 Å². The summed E-state index contributed by atoms with van der Waals surface area (Å²) in [6, 6.07) is 0. The van der Waals surface area contributed by atoms with Gasteiger partial charge in [0.05, 0.1) is 72.7 Å². The van der Waals surface area contributed by atoms with E-state index in [0.717, 1.165) is 38.2 Å². The van der Waals surface area contributed by atoms with E-state index in [0.29, 0.717) is 79.2 Å². The standard InChI is InChI=1S/C22H42ClNO10/c23-5-3-1-2-4-7-28-9-11-30-13-15-32-17-18-33-16-14-31-12-10-29-8-6-24-21(25)19-34-20-22(26)27/h1-20H2,(H,24,25)(H,26,27). The SMILES string of the molecule is O=C(O)COCC(=O)NCCOCCOCCOCCOCCOCCOCCCCCCCl. The molecule has 12 heteroatoms. The van der Waals surface area contributed by atoms with Crippen LogP contribution in [0.4, 0.5) is 0 Å². The number of carbonyl (C=O) groups is 2. The van der Waals surface area contributed by atoms with E-state index < -0.39 is 12.6 Å². The lowest BCUT2D eigenvalue weighted by Crippen LogP contribution is -2.31. The van der Waals surface area contributed by atoms with Crippen LogP contribution in [0.15, 0.2) is 0 Å². The number of alkyl halides is 1. The number of amides is 1. The molecule has 0 aliphatic carbocycles. The first-order valence-corrected chi connectivity index (χ1v) is 12.3. The highest BCUT2D eigenvalue weighted by Crippen LogP contribution is 2.01. The van der Waals surface area contributed by atoms with Gasteiger partial charge in [0, 0.05) is 19.0 Å². The third kappa shape index (κ3) is 29.0. The molecule has 0 fully saturated rings. The Bertz CT molecular complexity index is 459. The monoisotopic (exact) mass is 515 g/mol. The molecule has 2 N–H and O–H groups in total. The first-order valence-electron chi connectivity index (χ1n) is 11.8. The highest BCUT2D eigenvalue weighted by atomic mass is 35.5. The summed E-state index contributed by atoms with van der Waals surface area (Å²) < 4.78 is 37.1. The second-order valence-corrected chi connectivity index (χ2v) is 7.39. The molecule has 0 aliphatic rings. The number of halogens is 1. The minimum Gasteiger partial charge on any atom is -0.480 e. The van der Waals surface area contributed by atoms with Crippen LogP contribution in [0.5, 0.6) is 0 Å². The van der Waals surface area contributed by atoms with E-state index in [-0.39, 0.29) is 12.5 Å². The Labute approximate surface area is 207 Å². The normalized spacial score (nSPS) is 11.1. The van der Waals surface area contributed by atoms with Crippen molar-refractivity contribution in [3.05, 3.63) is 0 Å². The second kappa shape index (κ2) is 28.2. The summed E-state index contributed by atoms with van der Waals surface area (Å²) in [5, 5.41) is 10.9. The van der Waals surface area contributed by atoms with E-state index >= 15 is 0 Å². The Balaban J connectivity index is 3.09. The highest BCUT2D eigenvalue weighted by molar-refractivity contribution is 6.17. The van der Waals surface area contributed by atoms with E-state index in [4.69, 9.17) is 45.1 Å². The van der Waals surface area contributed by atoms with Crippen LogP contribution in [0.1, 0.15) is 25.7 Å². The molecule has 0 aromatic carbocycles. The summed E-state index contributed by atoms with van der Waals surface area (Å²) in [5.41, 5.74) is 0. The van der Waals surface area contributed by atoms with Crippen molar-refractivity contribution in [3.8, 4) is 0 Å². The number of hydrogen-bond donors (Lipinski definition) is 2. The fraction of sp³-hybridized carbons (Fsp3) is 0.909. The minimum atomic E-state index is -1.12. The predicted molar refractivity (Wildman–Crippen MR) is 126 cm³/mol. The third-order valence-electron chi connectivity index (χ3n) is 4.06. The Morgan fingerprint density at radius 1 is 0.559 bits per heavy atom. The van der Waals surface area contributed by atoms with Gasteiger partial charge in [0.15, 0.2) is 0 Å². The minimum absolute atomic E-state index is 0.291. The first-order chi connectivity index (χ1) is 16.7. The smallest absolute Gasteiger partial charge is 0.329 e. The van der Waals surface area contributed by atoms with Crippen LogP contribution in [0.2, 0.25) is 0 Å². The molecule has 0 radical (unpaired) electrons. The zero-order valence-electron chi connectivity index (χ0n) is 20.1. The summed E-state index contributed by atoms with van der Waals surface area (Å²) in [5.74, 6) is -0.771. The van der Waals surface area contributed by atoms with E-state index in [2.05, 4.69) is 10.1 Å². The molecule has 0 saturated carbocycles. The Hall–Kier alpha value is -1.05. The second-order valence-electron chi connectivity index (χ2n) is 7.01. The van der Waals surface area contributed by atoms with E-state index in [1.807, 2.05) is 0 Å². The number of hydrogen-bond acceptors (Lipinski definition) is 9. The van der Waals surface area contributed by atoms with Crippen molar-refractivity contribution in [3.63, 3.8) is 0 Å². The molecule has 0 spiro atoms. The summed E-state index contributed by atoms with van der Waals surface area (Å²) >= 11 is 5.63. The van der Waals surface area contributed by atoms with Crippen molar-refractivity contribution in [2.75, 3.05) is 105 Å². The van der Waals surface area contributed by atoms with E-state index in [9.17, 15) is 9.59 Å².